The van der Waals surface area contributed by atoms with Crippen molar-refractivity contribution in [3.8, 4) is 11.4 Å². The second-order valence-electron chi connectivity index (χ2n) is 8.08. The van der Waals surface area contributed by atoms with Gasteiger partial charge in [-0.1, -0.05) is 39.8 Å². The Balaban J connectivity index is 2.00. The predicted molar refractivity (Wildman–Crippen MR) is 136 cm³/mol. The van der Waals surface area contributed by atoms with Crippen molar-refractivity contribution in [1.29, 1.82) is 0 Å². The van der Waals surface area contributed by atoms with Crippen LogP contribution < -0.4 is 4.90 Å². The van der Waals surface area contributed by atoms with Crippen LogP contribution in [-0.2, 0) is 6.54 Å². The van der Waals surface area contributed by atoms with E-state index in [0.717, 1.165) is 75.9 Å². The molecule has 32 heavy (non-hydrogen) atoms. The van der Waals surface area contributed by atoms with E-state index in [1.54, 1.807) is 0 Å². The molecule has 0 N–H and O–H groups in total. The smallest absolute Gasteiger partial charge is 0.178 e. The van der Waals surface area contributed by atoms with E-state index in [0.29, 0.717) is 0 Å². The molecule has 0 unspecified atom stereocenters. The molecule has 2 heterocycles. The normalized spacial score (nSPS) is 11.7. The Bertz CT molecular complexity index is 942. The molecular weight excluding hydrogens is 396 g/mol. The highest BCUT2D eigenvalue weighted by atomic mass is 15.2. The van der Waals surface area contributed by atoms with Gasteiger partial charge in [0.15, 0.2) is 5.65 Å². The van der Waals surface area contributed by atoms with Crippen LogP contribution in [0.1, 0.15) is 34.6 Å². The number of aromatic nitrogens is 3. The van der Waals surface area contributed by atoms with Gasteiger partial charge >= 0.3 is 0 Å². The summed E-state index contributed by atoms with van der Waals surface area (Å²) in [6, 6.07) is 12.9. The fourth-order valence-corrected chi connectivity index (χ4v) is 4.38. The molecule has 0 aliphatic rings. The topological polar surface area (TPSA) is 40.4 Å². The summed E-state index contributed by atoms with van der Waals surface area (Å²) in [4.78, 5) is 17.0. The van der Waals surface area contributed by atoms with Crippen LogP contribution in [0.15, 0.2) is 42.6 Å². The molecule has 0 amide bonds. The molecule has 2 aromatic heterocycles. The Hall–Kier alpha value is -2.44. The Kier molecular flexibility index (Phi) is 9.06. The van der Waals surface area contributed by atoms with Gasteiger partial charge in [-0.3, -0.25) is 0 Å². The molecular formula is C26H40N6. The molecule has 6 nitrogen and oxygen atoms in total. The Labute approximate surface area is 193 Å². The molecule has 1 aromatic carbocycles. The Morgan fingerprint density at radius 3 is 1.97 bits per heavy atom. The Morgan fingerprint density at radius 2 is 1.38 bits per heavy atom. The third-order valence-corrected chi connectivity index (χ3v) is 6.49. The van der Waals surface area contributed by atoms with Gasteiger partial charge in [0.2, 0.25) is 0 Å². The molecule has 0 aliphatic carbocycles. The SMILES string of the molecule is CCN(CC)CCN(CCN(CC)CC)c1ccccc1-c1nc2ncccc2n1CC. The first-order chi connectivity index (χ1) is 15.7. The summed E-state index contributed by atoms with van der Waals surface area (Å²) in [5.41, 5.74) is 4.36. The summed E-state index contributed by atoms with van der Waals surface area (Å²) < 4.78 is 2.29. The second kappa shape index (κ2) is 12.0. The number of aryl methyl sites for hydroxylation is 1. The van der Waals surface area contributed by atoms with E-state index >= 15 is 0 Å². The van der Waals surface area contributed by atoms with Gasteiger partial charge in [0.25, 0.3) is 0 Å². The Morgan fingerprint density at radius 1 is 0.750 bits per heavy atom. The van der Waals surface area contributed by atoms with Gasteiger partial charge in [0, 0.05) is 50.2 Å². The van der Waals surface area contributed by atoms with E-state index in [9.17, 15) is 0 Å². The van der Waals surface area contributed by atoms with Crippen molar-refractivity contribution in [2.75, 3.05) is 57.3 Å². The largest absolute Gasteiger partial charge is 0.368 e. The number of benzene rings is 1. The zero-order chi connectivity index (χ0) is 22.9. The van der Waals surface area contributed by atoms with Crippen LogP contribution in [0.5, 0.6) is 0 Å². The molecule has 3 aromatic rings. The zero-order valence-electron chi connectivity index (χ0n) is 20.6. The maximum atomic E-state index is 4.96. The number of likely N-dealkylation sites (N-methyl/N-ethyl adjacent to an activating group) is 2. The van der Waals surface area contributed by atoms with E-state index < -0.39 is 0 Å². The van der Waals surface area contributed by atoms with Crippen LogP contribution in [0.3, 0.4) is 0 Å². The van der Waals surface area contributed by atoms with Crippen molar-refractivity contribution in [3.05, 3.63) is 42.6 Å². The van der Waals surface area contributed by atoms with Crippen molar-refractivity contribution in [2.45, 2.75) is 41.2 Å². The van der Waals surface area contributed by atoms with E-state index in [1.165, 1.54) is 11.3 Å². The summed E-state index contributed by atoms with van der Waals surface area (Å²) in [6.45, 7) is 20.5. The van der Waals surface area contributed by atoms with E-state index in [2.05, 4.69) is 89.2 Å². The molecule has 0 spiro atoms. The summed E-state index contributed by atoms with van der Waals surface area (Å²) in [5, 5.41) is 0. The van der Waals surface area contributed by atoms with Gasteiger partial charge in [-0.05, 0) is 57.4 Å². The second-order valence-corrected chi connectivity index (χ2v) is 8.08. The standard InChI is InChI=1S/C26H40N6/c1-6-29(7-2)18-20-31(21-19-30(8-3)9-4)23-15-12-11-14-22(23)26-28-25-24(32(26)10-5)16-13-17-27-25/h11-17H,6-10,18-21H2,1-5H3. The first-order valence-corrected chi connectivity index (χ1v) is 12.3. The molecule has 0 bridgehead atoms. The highest BCUT2D eigenvalue weighted by molar-refractivity contribution is 5.82. The lowest BCUT2D eigenvalue weighted by Gasteiger charge is -2.31. The van der Waals surface area contributed by atoms with Crippen LogP contribution in [0.2, 0.25) is 0 Å². The maximum absolute atomic E-state index is 4.96. The van der Waals surface area contributed by atoms with E-state index in [-0.39, 0.29) is 0 Å². The van der Waals surface area contributed by atoms with Crippen molar-refractivity contribution in [2.24, 2.45) is 0 Å². The number of nitrogens with zero attached hydrogens (tertiary/aromatic N) is 6. The lowest BCUT2D eigenvalue weighted by Crippen LogP contribution is -2.40. The monoisotopic (exact) mass is 436 g/mol. The van der Waals surface area contributed by atoms with Crippen molar-refractivity contribution in [3.63, 3.8) is 0 Å². The lowest BCUT2D eigenvalue weighted by molar-refractivity contribution is 0.294. The van der Waals surface area contributed by atoms with Crippen LogP contribution in [0, 0.1) is 0 Å². The average molecular weight is 437 g/mol. The summed E-state index contributed by atoms with van der Waals surface area (Å²) in [5.74, 6) is 1.01. The molecule has 174 valence electrons. The number of fused-ring (bicyclic) bond motifs is 1. The van der Waals surface area contributed by atoms with Crippen LogP contribution >= 0.6 is 0 Å². The summed E-state index contributed by atoms with van der Waals surface area (Å²) in [6.07, 6.45) is 1.82. The highest BCUT2D eigenvalue weighted by Gasteiger charge is 2.19. The van der Waals surface area contributed by atoms with Crippen molar-refractivity contribution in [1.82, 2.24) is 24.3 Å². The van der Waals surface area contributed by atoms with Gasteiger partial charge in [-0.2, -0.15) is 0 Å². The molecule has 6 heteroatoms. The summed E-state index contributed by atoms with van der Waals surface area (Å²) in [7, 11) is 0. The van der Waals surface area contributed by atoms with Gasteiger partial charge in [-0.25, -0.2) is 9.97 Å². The first kappa shape index (κ1) is 24.2. The minimum atomic E-state index is 0.817. The quantitative estimate of drug-likeness (QED) is 0.391. The number of anilines is 1. The predicted octanol–water partition coefficient (Wildman–Crippen LogP) is 4.61. The van der Waals surface area contributed by atoms with Crippen LogP contribution in [0.25, 0.3) is 22.6 Å². The molecule has 0 fully saturated rings. The fraction of sp³-hybridized carbons (Fsp3) is 0.538. The molecule has 0 aliphatic heterocycles. The average Bonchev–Trinajstić information content (AvgIpc) is 3.22. The van der Waals surface area contributed by atoms with E-state index in [4.69, 9.17) is 4.98 Å². The number of para-hydroxylation sites is 1. The van der Waals surface area contributed by atoms with Crippen molar-refractivity contribution >= 4 is 16.9 Å². The van der Waals surface area contributed by atoms with Crippen molar-refractivity contribution < 1.29 is 0 Å². The molecule has 0 radical (unpaired) electrons. The van der Waals surface area contributed by atoms with Crippen LogP contribution in [-0.4, -0.2) is 76.7 Å². The highest BCUT2D eigenvalue weighted by Crippen LogP contribution is 2.32. The van der Waals surface area contributed by atoms with Gasteiger partial charge in [-0.15, -0.1) is 0 Å². The van der Waals surface area contributed by atoms with Gasteiger partial charge < -0.3 is 19.3 Å². The van der Waals surface area contributed by atoms with Crippen LogP contribution in [0.4, 0.5) is 5.69 Å². The van der Waals surface area contributed by atoms with Gasteiger partial charge in [0.05, 0.1) is 5.52 Å². The first-order valence-electron chi connectivity index (χ1n) is 12.3. The third kappa shape index (κ3) is 5.48. The zero-order valence-corrected chi connectivity index (χ0v) is 20.6. The number of rotatable bonds is 13. The van der Waals surface area contributed by atoms with Gasteiger partial charge in [0.1, 0.15) is 5.82 Å². The minimum Gasteiger partial charge on any atom is -0.368 e. The third-order valence-electron chi connectivity index (χ3n) is 6.49. The molecule has 0 atom stereocenters. The minimum absolute atomic E-state index is 0.817. The fourth-order valence-electron chi connectivity index (χ4n) is 4.38. The lowest BCUT2D eigenvalue weighted by atomic mass is 10.1. The number of hydrogen-bond acceptors (Lipinski definition) is 5. The number of pyridine rings is 1. The molecule has 3 rings (SSSR count). The molecule has 0 saturated heterocycles. The number of hydrogen-bond donors (Lipinski definition) is 0. The maximum Gasteiger partial charge on any atom is 0.178 e. The molecule has 0 saturated carbocycles. The summed E-state index contributed by atoms with van der Waals surface area (Å²) >= 11 is 0. The number of imidazole rings is 1. The van der Waals surface area contributed by atoms with E-state index in [1.807, 2.05) is 12.3 Å².